The zero-order valence-corrected chi connectivity index (χ0v) is 8.17. The van der Waals surface area contributed by atoms with E-state index < -0.39 is 0 Å². The Balaban J connectivity index is 2.83. The van der Waals surface area contributed by atoms with Crippen molar-refractivity contribution in [3.63, 3.8) is 0 Å². The quantitative estimate of drug-likeness (QED) is 0.709. The summed E-state index contributed by atoms with van der Waals surface area (Å²) in [5.74, 6) is -0.00986. The van der Waals surface area contributed by atoms with Gasteiger partial charge in [-0.1, -0.05) is 6.07 Å². The first-order valence-corrected chi connectivity index (χ1v) is 4.10. The van der Waals surface area contributed by atoms with E-state index in [0.717, 1.165) is 12.1 Å². The van der Waals surface area contributed by atoms with Crippen molar-refractivity contribution in [3.8, 4) is 5.75 Å². The zero-order chi connectivity index (χ0) is 9.84. The van der Waals surface area contributed by atoms with Crippen molar-refractivity contribution in [1.82, 2.24) is 4.90 Å². The molecule has 0 spiro atoms. The van der Waals surface area contributed by atoms with Crippen LogP contribution in [-0.2, 0) is 6.54 Å². The van der Waals surface area contributed by atoms with Crippen molar-refractivity contribution in [2.24, 2.45) is 0 Å². The van der Waals surface area contributed by atoms with Gasteiger partial charge in [0.15, 0.2) is 11.6 Å². The van der Waals surface area contributed by atoms with Crippen molar-refractivity contribution >= 4 is 0 Å². The van der Waals surface area contributed by atoms with E-state index in [9.17, 15) is 4.39 Å². The van der Waals surface area contributed by atoms with Crippen molar-refractivity contribution in [1.29, 1.82) is 0 Å². The molecule has 2 nitrogen and oxygen atoms in total. The van der Waals surface area contributed by atoms with Crippen LogP contribution in [0.3, 0.4) is 0 Å². The van der Waals surface area contributed by atoms with Gasteiger partial charge in [0.05, 0.1) is 7.11 Å². The first-order chi connectivity index (χ1) is 6.13. The number of methoxy groups -OCH3 is 1. The molecule has 0 radical (unpaired) electrons. The van der Waals surface area contributed by atoms with Gasteiger partial charge in [0.25, 0.3) is 0 Å². The van der Waals surface area contributed by atoms with Crippen molar-refractivity contribution in [2.45, 2.75) is 6.54 Å². The van der Waals surface area contributed by atoms with Gasteiger partial charge in [0.2, 0.25) is 0 Å². The van der Waals surface area contributed by atoms with Gasteiger partial charge >= 0.3 is 0 Å². The predicted octanol–water partition coefficient (Wildman–Crippen LogP) is 1.90. The Labute approximate surface area is 77.9 Å². The number of ether oxygens (including phenoxy) is 1. The molecule has 0 saturated heterocycles. The molecule has 0 aliphatic heterocycles. The lowest BCUT2D eigenvalue weighted by Crippen LogP contribution is -2.10. The SMILES string of the molecule is COc1ccc(CN(C)C)cc1F. The molecule has 0 aliphatic carbocycles. The summed E-state index contributed by atoms with van der Waals surface area (Å²) in [5.41, 5.74) is 0.948. The summed E-state index contributed by atoms with van der Waals surface area (Å²) < 4.78 is 18.0. The summed E-state index contributed by atoms with van der Waals surface area (Å²) in [6.45, 7) is 0.737. The van der Waals surface area contributed by atoms with E-state index in [1.807, 2.05) is 25.1 Å². The molecule has 1 aromatic carbocycles. The van der Waals surface area contributed by atoms with Gasteiger partial charge in [-0.25, -0.2) is 4.39 Å². The molecule has 0 saturated carbocycles. The Kier molecular flexibility index (Phi) is 3.25. The van der Waals surface area contributed by atoms with E-state index in [1.54, 1.807) is 6.07 Å². The van der Waals surface area contributed by atoms with Crippen LogP contribution in [0.25, 0.3) is 0 Å². The van der Waals surface area contributed by atoms with Crippen LogP contribution in [0, 0.1) is 5.82 Å². The largest absolute Gasteiger partial charge is 0.494 e. The minimum atomic E-state index is -0.304. The molecule has 3 heteroatoms. The Bertz CT molecular complexity index is 286. The highest BCUT2D eigenvalue weighted by Gasteiger charge is 2.03. The molecule has 1 rings (SSSR count). The maximum Gasteiger partial charge on any atom is 0.165 e. The molecule has 0 heterocycles. The second kappa shape index (κ2) is 4.23. The summed E-state index contributed by atoms with van der Waals surface area (Å²) in [4.78, 5) is 1.99. The van der Waals surface area contributed by atoms with Crippen LogP contribution >= 0.6 is 0 Å². The first-order valence-electron chi connectivity index (χ1n) is 4.10. The monoisotopic (exact) mass is 183 g/mol. The smallest absolute Gasteiger partial charge is 0.165 e. The molecule has 13 heavy (non-hydrogen) atoms. The highest BCUT2D eigenvalue weighted by atomic mass is 19.1. The van der Waals surface area contributed by atoms with E-state index in [2.05, 4.69) is 0 Å². The predicted molar refractivity (Wildman–Crippen MR) is 50.3 cm³/mol. The molecule has 0 unspecified atom stereocenters. The fourth-order valence-electron chi connectivity index (χ4n) is 1.17. The van der Waals surface area contributed by atoms with Crippen LogP contribution in [0.5, 0.6) is 5.75 Å². The molecule has 0 fully saturated rings. The average molecular weight is 183 g/mol. The lowest BCUT2D eigenvalue weighted by atomic mass is 10.2. The number of hydrogen-bond acceptors (Lipinski definition) is 2. The Morgan fingerprint density at radius 1 is 1.38 bits per heavy atom. The van der Waals surface area contributed by atoms with Gasteiger partial charge in [0, 0.05) is 6.54 Å². The molecule has 0 aromatic heterocycles. The highest BCUT2D eigenvalue weighted by Crippen LogP contribution is 2.17. The molecule has 72 valence electrons. The second-order valence-electron chi connectivity index (χ2n) is 3.21. The van der Waals surface area contributed by atoms with Gasteiger partial charge in [0.1, 0.15) is 0 Å². The third-order valence-electron chi connectivity index (χ3n) is 1.72. The molecule has 0 aliphatic rings. The summed E-state index contributed by atoms with van der Waals surface area (Å²) in [6.07, 6.45) is 0. The highest BCUT2D eigenvalue weighted by molar-refractivity contribution is 5.29. The van der Waals surface area contributed by atoms with Gasteiger partial charge in [-0.15, -0.1) is 0 Å². The maximum atomic E-state index is 13.2. The summed E-state index contributed by atoms with van der Waals surface area (Å²) in [5, 5.41) is 0. The minimum Gasteiger partial charge on any atom is -0.494 e. The van der Waals surface area contributed by atoms with Crippen molar-refractivity contribution < 1.29 is 9.13 Å². The molecular formula is C10H14FNO. The maximum absolute atomic E-state index is 13.2. The van der Waals surface area contributed by atoms with Gasteiger partial charge in [-0.3, -0.25) is 0 Å². The molecular weight excluding hydrogens is 169 g/mol. The third-order valence-corrected chi connectivity index (χ3v) is 1.72. The van der Waals surface area contributed by atoms with Gasteiger partial charge in [-0.05, 0) is 31.8 Å². The molecule has 0 amide bonds. The number of halogens is 1. The van der Waals surface area contributed by atoms with Crippen molar-refractivity contribution in [3.05, 3.63) is 29.6 Å². The van der Waals surface area contributed by atoms with Crippen molar-refractivity contribution in [2.75, 3.05) is 21.2 Å². The normalized spacial score (nSPS) is 10.5. The van der Waals surface area contributed by atoms with E-state index in [0.29, 0.717) is 5.75 Å². The third kappa shape index (κ3) is 2.70. The minimum absolute atomic E-state index is 0.294. The summed E-state index contributed by atoms with van der Waals surface area (Å²) in [6, 6.07) is 5.01. The lowest BCUT2D eigenvalue weighted by Gasteiger charge is -2.10. The van der Waals surface area contributed by atoms with Crippen LogP contribution in [0.4, 0.5) is 4.39 Å². The average Bonchev–Trinajstić information content (AvgIpc) is 2.03. The number of nitrogens with zero attached hydrogens (tertiary/aromatic N) is 1. The van der Waals surface area contributed by atoms with Crippen LogP contribution in [0.15, 0.2) is 18.2 Å². The Morgan fingerprint density at radius 2 is 2.08 bits per heavy atom. The van der Waals surface area contributed by atoms with E-state index in [1.165, 1.54) is 13.2 Å². The van der Waals surface area contributed by atoms with Crippen LogP contribution in [-0.4, -0.2) is 26.1 Å². The van der Waals surface area contributed by atoms with Crippen LogP contribution in [0.1, 0.15) is 5.56 Å². The van der Waals surface area contributed by atoms with E-state index in [4.69, 9.17) is 4.74 Å². The first kappa shape index (κ1) is 9.99. The second-order valence-corrected chi connectivity index (χ2v) is 3.21. The number of hydrogen-bond donors (Lipinski definition) is 0. The lowest BCUT2D eigenvalue weighted by molar-refractivity contribution is 0.381. The molecule has 0 bridgehead atoms. The molecule has 0 N–H and O–H groups in total. The van der Waals surface area contributed by atoms with E-state index in [-0.39, 0.29) is 5.82 Å². The topological polar surface area (TPSA) is 12.5 Å². The van der Waals surface area contributed by atoms with Crippen LogP contribution < -0.4 is 4.74 Å². The van der Waals surface area contributed by atoms with E-state index >= 15 is 0 Å². The Hall–Kier alpha value is -1.09. The fourth-order valence-corrected chi connectivity index (χ4v) is 1.17. The van der Waals surface area contributed by atoms with Crippen LogP contribution in [0.2, 0.25) is 0 Å². The standard InChI is InChI=1S/C10H14FNO/c1-12(2)7-8-4-5-10(13-3)9(11)6-8/h4-6H,7H2,1-3H3. The van der Waals surface area contributed by atoms with Gasteiger partial charge < -0.3 is 9.64 Å². The zero-order valence-electron chi connectivity index (χ0n) is 8.17. The fraction of sp³-hybridized carbons (Fsp3) is 0.400. The van der Waals surface area contributed by atoms with Gasteiger partial charge in [-0.2, -0.15) is 0 Å². The summed E-state index contributed by atoms with van der Waals surface area (Å²) >= 11 is 0. The molecule has 1 aromatic rings. The number of rotatable bonds is 3. The Morgan fingerprint density at radius 3 is 2.54 bits per heavy atom. The number of benzene rings is 1. The summed E-state index contributed by atoms with van der Waals surface area (Å²) in [7, 11) is 5.36. The molecule has 0 atom stereocenters.